The summed E-state index contributed by atoms with van der Waals surface area (Å²) in [5.74, 6) is -0.321. The number of sulfonamides is 1. The number of nitrogens with zero attached hydrogens (tertiary/aromatic N) is 2. The highest BCUT2D eigenvalue weighted by Crippen LogP contribution is 2.24. The minimum Gasteiger partial charge on any atom is -0.273 e. The molecule has 1 fully saturated rings. The zero-order valence-electron chi connectivity index (χ0n) is 14.4. The Hall–Kier alpha value is -1.73. The van der Waals surface area contributed by atoms with E-state index in [2.05, 4.69) is 10.5 Å². The molecule has 0 unspecified atom stereocenters. The standard InChI is InChI=1S/C17H25N3O3S/c1-4-14(3)18-19-17(21)15-9-11-20(12-10-15)24(22,23)16-7-5-13(2)6-8-16/h5-8,15H,4,9-12H2,1-3H3,(H,19,21)/b18-14-. The molecular weight excluding hydrogens is 326 g/mol. The minimum atomic E-state index is -3.48. The minimum absolute atomic E-state index is 0.129. The first-order valence-corrected chi connectivity index (χ1v) is 9.68. The number of benzene rings is 1. The molecule has 24 heavy (non-hydrogen) atoms. The molecule has 1 heterocycles. The van der Waals surface area contributed by atoms with Gasteiger partial charge in [-0.3, -0.25) is 4.79 Å². The van der Waals surface area contributed by atoms with Crippen LogP contribution in [-0.2, 0) is 14.8 Å². The number of hydrogen-bond acceptors (Lipinski definition) is 4. The van der Waals surface area contributed by atoms with Crippen molar-refractivity contribution in [2.45, 2.75) is 44.9 Å². The highest BCUT2D eigenvalue weighted by molar-refractivity contribution is 7.89. The third-order valence-corrected chi connectivity index (χ3v) is 6.26. The van der Waals surface area contributed by atoms with Crippen LogP contribution in [0.3, 0.4) is 0 Å². The predicted molar refractivity (Wildman–Crippen MR) is 94.2 cm³/mol. The van der Waals surface area contributed by atoms with Crippen molar-refractivity contribution in [3.8, 4) is 0 Å². The summed E-state index contributed by atoms with van der Waals surface area (Å²) in [4.78, 5) is 12.4. The Labute approximate surface area is 144 Å². The quantitative estimate of drug-likeness (QED) is 0.653. The summed E-state index contributed by atoms with van der Waals surface area (Å²) < 4.78 is 26.7. The molecule has 0 bridgehead atoms. The maximum absolute atomic E-state index is 12.6. The van der Waals surface area contributed by atoms with E-state index < -0.39 is 10.0 Å². The molecule has 1 amide bonds. The molecular formula is C17H25N3O3S. The van der Waals surface area contributed by atoms with E-state index in [1.807, 2.05) is 20.8 Å². The summed E-state index contributed by atoms with van der Waals surface area (Å²) in [5.41, 5.74) is 4.46. The third-order valence-electron chi connectivity index (χ3n) is 4.35. The maximum atomic E-state index is 12.6. The first-order valence-electron chi connectivity index (χ1n) is 8.24. The molecule has 0 radical (unpaired) electrons. The van der Waals surface area contributed by atoms with Crippen LogP contribution >= 0.6 is 0 Å². The van der Waals surface area contributed by atoms with Gasteiger partial charge in [0.05, 0.1) is 4.90 Å². The van der Waals surface area contributed by atoms with Gasteiger partial charge in [-0.15, -0.1) is 0 Å². The Morgan fingerprint density at radius 2 is 1.83 bits per heavy atom. The van der Waals surface area contributed by atoms with Gasteiger partial charge in [-0.05, 0) is 45.2 Å². The summed E-state index contributed by atoms with van der Waals surface area (Å²) in [7, 11) is -3.48. The van der Waals surface area contributed by atoms with Crippen LogP contribution in [0.2, 0.25) is 0 Å². The maximum Gasteiger partial charge on any atom is 0.243 e. The first kappa shape index (κ1) is 18.6. The van der Waals surface area contributed by atoms with Gasteiger partial charge < -0.3 is 0 Å². The Morgan fingerprint density at radius 1 is 1.25 bits per heavy atom. The van der Waals surface area contributed by atoms with Gasteiger partial charge in [-0.2, -0.15) is 9.41 Å². The van der Waals surface area contributed by atoms with Crippen LogP contribution in [0.5, 0.6) is 0 Å². The number of hydrazone groups is 1. The number of aryl methyl sites for hydroxylation is 1. The number of amides is 1. The Bertz CT molecular complexity index is 703. The Kier molecular flexibility index (Phi) is 6.12. The van der Waals surface area contributed by atoms with Crippen molar-refractivity contribution < 1.29 is 13.2 Å². The van der Waals surface area contributed by atoms with Crippen molar-refractivity contribution in [1.29, 1.82) is 0 Å². The average Bonchev–Trinajstić information content (AvgIpc) is 2.59. The molecule has 1 aliphatic rings. The van der Waals surface area contributed by atoms with Crippen LogP contribution in [-0.4, -0.2) is 37.4 Å². The first-order chi connectivity index (χ1) is 11.3. The van der Waals surface area contributed by atoms with Gasteiger partial charge in [0.25, 0.3) is 0 Å². The highest BCUT2D eigenvalue weighted by atomic mass is 32.2. The second-order valence-corrected chi connectivity index (χ2v) is 8.11. The average molecular weight is 351 g/mol. The van der Waals surface area contributed by atoms with Gasteiger partial charge in [0.2, 0.25) is 15.9 Å². The number of piperidine rings is 1. The van der Waals surface area contributed by atoms with Gasteiger partial charge >= 0.3 is 0 Å². The fraction of sp³-hybridized carbons (Fsp3) is 0.529. The lowest BCUT2D eigenvalue weighted by Crippen LogP contribution is -2.42. The molecule has 1 N–H and O–H groups in total. The zero-order valence-corrected chi connectivity index (χ0v) is 15.3. The van der Waals surface area contributed by atoms with Crippen LogP contribution in [0.15, 0.2) is 34.3 Å². The van der Waals surface area contributed by atoms with Crippen molar-refractivity contribution in [3.63, 3.8) is 0 Å². The highest BCUT2D eigenvalue weighted by Gasteiger charge is 2.31. The van der Waals surface area contributed by atoms with E-state index >= 15 is 0 Å². The van der Waals surface area contributed by atoms with Crippen LogP contribution in [0, 0.1) is 12.8 Å². The molecule has 1 saturated heterocycles. The van der Waals surface area contributed by atoms with E-state index in [-0.39, 0.29) is 11.8 Å². The largest absolute Gasteiger partial charge is 0.273 e. The number of carbonyl (C=O) groups excluding carboxylic acids is 1. The molecule has 132 valence electrons. The molecule has 2 rings (SSSR count). The van der Waals surface area contributed by atoms with E-state index in [1.165, 1.54) is 4.31 Å². The van der Waals surface area contributed by atoms with E-state index in [0.29, 0.717) is 30.8 Å². The third kappa shape index (κ3) is 4.42. The Morgan fingerprint density at radius 3 is 2.38 bits per heavy atom. The molecule has 6 nitrogen and oxygen atoms in total. The number of carbonyl (C=O) groups is 1. The van der Waals surface area contributed by atoms with Gasteiger partial charge in [0.1, 0.15) is 0 Å². The summed E-state index contributed by atoms with van der Waals surface area (Å²) >= 11 is 0. The van der Waals surface area contributed by atoms with Crippen LogP contribution in [0.25, 0.3) is 0 Å². The van der Waals surface area contributed by atoms with Crippen molar-refractivity contribution in [1.82, 2.24) is 9.73 Å². The monoisotopic (exact) mass is 351 g/mol. The van der Waals surface area contributed by atoms with Gasteiger partial charge in [0.15, 0.2) is 0 Å². The molecule has 7 heteroatoms. The molecule has 1 aromatic rings. The summed E-state index contributed by atoms with van der Waals surface area (Å²) in [5, 5.41) is 4.03. The fourth-order valence-electron chi connectivity index (χ4n) is 2.54. The van der Waals surface area contributed by atoms with E-state index in [0.717, 1.165) is 17.7 Å². The SMILES string of the molecule is CC/C(C)=N\NC(=O)C1CCN(S(=O)(=O)c2ccc(C)cc2)CC1. The topological polar surface area (TPSA) is 78.8 Å². The van der Waals surface area contributed by atoms with Gasteiger partial charge in [-0.1, -0.05) is 24.6 Å². The second-order valence-electron chi connectivity index (χ2n) is 6.17. The van der Waals surface area contributed by atoms with Crippen molar-refractivity contribution in [2.24, 2.45) is 11.0 Å². The number of hydrogen-bond donors (Lipinski definition) is 1. The van der Waals surface area contributed by atoms with Crippen LogP contribution in [0.1, 0.15) is 38.7 Å². The van der Waals surface area contributed by atoms with E-state index in [9.17, 15) is 13.2 Å². The lowest BCUT2D eigenvalue weighted by molar-refractivity contribution is -0.126. The lowest BCUT2D eigenvalue weighted by Gasteiger charge is -2.30. The molecule has 1 aromatic carbocycles. The van der Waals surface area contributed by atoms with Crippen molar-refractivity contribution in [3.05, 3.63) is 29.8 Å². The fourth-order valence-corrected chi connectivity index (χ4v) is 4.01. The molecule has 1 aliphatic heterocycles. The normalized spacial score (nSPS) is 17.7. The van der Waals surface area contributed by atoms with Crippen LogP contribution in [0.4, 0.5) is 0 Å². The Balaban J connectivity index is 1.97. The summed E-state index contributed by atoms with van der Waals surface area (Å²) in [6.45, 7) is 6.45. The van der Waals surface area contributed by atoms with Crippen LogP contribution < -0.4 is 5.43 Å². The molecule has 0 spiro atoms. The molecule has 0 aromatic heterocycles. The molecule has 0 atom stereocenters. The number of rotatable bonds is 5. The number of nitrogens with one attached hydrogen (secondary N) is 1. The predicted octanol–water partition coefficient (Wildman–Crippen LogP) is 2.30. The van der Waals surface area contributed by atoms with Crippen molar-refractivity contribution >= 4 is 21.6 Å². The molecule has 0 saturated carbocycles. The van der Waals surface area contributed by atoms with Gasteiger partial charge in [-0.25, -0.2) is 13.8 Å². The smallest absolute Gasteiger partial charge is 0.243 e. The summed E-state index contributed by atoms with van der Waals surface area (Å²) in [6.07, 6.45) is 1.81. The van der Waals surface area contributed by atoms with Crippen molar-refractivity contribution in [2.75, 3.05) is 13.1 Å². The molecule has 0 aliphatic carbocycles. The lowest BCUT2D eigenvalue weighted by atomic mass is 9.98. The second kappa shape index (κ2) is 7.90. The zero-order chi connectivity index (χ0) is 17.7. The van der Waals surface area contributed by atoms with E-state index in [4.69, 9.17) is 0 Å². The summed E-state index contributed by atoms with van der Waals surface area (Å²) in [6, 6.07) is 6.85. The van der Waals surface area contributed by atoms with E-state index in [1.54, 1.807) is 24.3 Å². The van der Waals surface area contributed by atoms with Gasteiger partial charge in [0, 0.05) is 24.7 Å².